The standard InChI is InChI=1S/C18H17NOS/c1-12-6-8-14(9-7-12)21-15-10-13-4-2-3-5-16(13)17(11-15)18(19)20/h3,5-11H,2,4H2,1H3,(H2,19,20). The summed E-state index contributed by atoms with van der Waals surface area (Å²) in [5.74, 6) is -0.357. The van der Waals surface area contributed by atoms with Crippen molar-refractivity contribution in [2.24, 2.45) is 5.73 Å². The number of aryl methyl sites for hydroxylation is 2. The molecule has 0 radical (unpaired) electrons. The molecule has 1 aliphatic carbocycles. The third-order valence-electron chi connectivity index (χ3n) is 3.63. The molecule has 0 saturated heterocycles. The van der Waals surface area contributed by atoms with Crippen molar-refractivity contribution in [3.8, 4) is 0 Å². The van der Waals surface area contributed by atoms with Gasteiger partial charge in [0, 0.05) is 15.4 Å². The molecule has 2 N–H and O–H groups in total. The second-order valence-electron chi connectivity index (χ2n) is 5.26. The highest BCUT2D eigenvalue weighted by molar-refractivity contribution is 7.99. The third-order valence-corrected chi connectivity index (χ3v) is 4.61. The lowest BCUT2D eigenvalue weighted by Crippen LogP contribution is -2.14. The lowest BCUT2D eigenvalue weighted by molar-refractivity contribution is 0.1000. The van der Waals surface area contributed by atoms with E-state index < -0.39 is 0 Å². The molecule has 21 heavy (non-hydrogen) atoms. The van der Waals surface area contributed by atoms with Gasteiger partial charge >= 0.3 is 0 Å². The van der Waals surface area contributed by atoms with Crippen LogP contribution < -0.4 is 5.73 Å². The van der Waals surface area contributed by atoms with Crippen LogP contribution in [-0.4, -0.2) is 5.91 Å². The van der Waals surface area contributed by atoms with Crippen molar-refractivity contribution in [3.63, 3.8) is 0 Å². The lowest BCUT2D eigenvalue weighted by Gasteiger charge is -2.15. The fourth-order valence-corrected chi connectivity index (χ4v) is 3.46. The van der Waals surface area contributed by atoms with Gasteiger partial charge in [-0.1, -0.05) is 41.6 Å². The Bertz CT molecular complexity index is 717. The second kappa shape index (κ2) is 5.78. The van der Waals surface area contributed by atoms with E-state index in [1.54, 1.807) is 11.8 Å². The molecule has 0 aliphatic heterocycles. The van der Waals surface area contributed by atoms with E-state index in [1.807, 2.05) is 12.1 Å². The number of primary amides is 1. The lowest BCUT2D eigenvalue weighted by atomic mass is 9.93. The van der Waals surface area contributed by atoms with Crippen molar-refractivity contribution >= 4 is 23.7 Å². The van der Waals surface area contributed by atoms with Crippen molar-refractivity contribution < 1.29 is 4.79 Å². The number of amides is 1. The van der Waals surface area contributed by atoms with Crippen molar-refractivity contribution in [3.05, 3.63) is 64.7 Å². The summed E-state index contributed by atoms with van der Waals surface area (Å²) in [7, 11) is 0. The zero-order valence-electron chi connectivity index (χ0n) is 11.9. The van der Waals surface area contributed by atoms with Gasteiger partial charge in [-0.3, -0.25) is 4.79 Å². The number of nitrogens with two attached hydrogens (primary N) is 1. The maximum Gasteiger partial charge on any atom is 0.249 e. The van der Waals surface area contributed by atoms with Gasteiger partial charge in [-0.15, -0.1) is 0 Å². The van der Waals surface area contributed by atoms with E-state index in [-0.39, 0.29) is 5.91 Å². The van der Waals surface area contributed by atoms with Gasteiger partial charge in [-0.25, -0.2) is 0 Å². The first-order valence-electron chi connectivity index (χ1n) is 7.01. The van der Waals surface area contributed by atoms with Crippen molar-refractivity contribution in [1.29, 1.82) is 0 Å². The van der Waals surface area contributed by atoms with E-state index in [1.165, 1.54) is 16.0 Å². The summed E-state index contributed by atoms with van der Waals surface area (Å²) < 4.78 is 0. The van der Waals surface area contributed by atoms with E-state index >= 15 is 0 Å². The minimum Gasteiger partial charge on any atom is -0.366 e. The minimum absolute atomic E-state index is 0.357. The first-order chi connectivity index (χ1) is 10.1. The molecule has 0 bridgehead atoms. The predicted octanol–water partition coefficient (Wildman–Crippen LogP) is 4.20. The Hall–Kier alpha value is -2.00. The number of allylic oxidation sites excluding steroid dienone is 1. The average molecular weight is 295 g/mol. The summed E-state index contributed by atoms with van der Waals surface area (Å²) in [4.78, 5) is 13.9. The van der Waals surface area contributed by atoms with Crippen LogP contribution in [0, 0.1) is 6.92 Å². The topological polar surface area (TPSA) is 43.1 Å². The molecular weight excluding hydrogens is 278 g/mol. The van der Waals surface area contributed by atoms with Crippen LogP contribution in [0.5, 0.6) is 0 Å². The van der Waals surface area contributed by atoms with Crippen LogP contribution in [-0.2, 0) is 6.42 Å². The highest BCUT2D eigenvalue weighted by Gasteiger charge is 2.15. The third kappa shape index (κ3) is 3.03. The fourth-order valence-electron chi connectivity index (χ4n) is 2.53. The number of hydrogen-bond donors (Lipinski definition) is 1. The summed E-state index contributed by atoms with van der Waals surface area (Å²) in [5, 5.41) is 0. The maximum absolute atomic E-state index is 11.7. The molecule has 3 rings (SSSR count). The van der Waals surface area contributed by atoms with E-state index in [0.717, 1.165) is 23.3 Å². The first-order valence-corrected chi connectivity index (χ1v) is 7.83. The van der Waals surface area contributed by atoms with Crippen molar-refractivity contribution in [2.45, 2.75) is 29.6 Å². The highest BCUT2D eigenvalue weighted by atomic mass is 32.2. The Morgan fingerprint density at radius 1 is 1.14 bits per heavy atom. The molecule has 106 valence electrons. The van der Waals surface area contributed by atoms with Gasteiger partial charge in [0.15, 0.2) is 0 Å². The Labute approximate surface area is 129 Å². The molecule has 0 saturated carbocycles. The van der Waals surface area contributed by atoms with E-state index in [4.69, 9.17) is 5.73 Å². The Balaban J connectivity index is 1.99. The van der Waals surface area contributed by atoms with Crippen LogP contribution in [0.25, 0.3) is 6.08 Å². The summed E-state index contributed by atoms with van der Waals surface area (Å²) in [6.07, 6.45) is 6.10. The number of rotatable bonds is 3. The number of carbonyl (C=O) groups is 1. The van der Waals surface area contributed by atoms with Gasteiger partial charge in [0.2, 0.25) is 5.91 Å². The molecule has 2 nitrogen and oxygen atoms in total. The van der Waals surface area contributed by atoms with Gasteiger partial charge in [-0.2, -0.15) is 0 Å². The van der Waals surface area contributed by atoms with Gasteiger partial charge in [0.1, 0.15) is 0 Å². The molecule has 0 unspecified atom stereocenters. The van der Waals surface area contributed by atoms with Crippen molar-refractivity contribution in [2.75, 3.05) is 0 Å². The van der Waals surface area contributed by atoms with Crippen LogP contribution in [0.2, 0.25) is 0 Å². The monoisotopic (exact) mass is 295 g/mol. The maximum atomic E-state index is 11.7. The molecule has 2 aromatic carbocycles. The van der Waals surface area contributed by atoms with Gasteiger partial charge in [0.05, 0.1) is 0 Å². The number of carbonyl (C=O) groups excluding carboxylic acids is 1. The zero-order valence-corrected chi connectivity index (χ0v) is 12.7. The van der Waals surface area contributed by atoms with Crippen LogP contribution in [0.4, 0.5) is 0 Å². The molecular formula is C18H17NOS. The number of benzene rings is 2. The zero-order chi connectivity index (χ0) is 14.8. The van der Waals surface area contributed by atoms with E-state index in [2.05, 4.69) is 43.3 Å². The smallest absolute Gasteiger partial charge is 0.249 e. The Morgan fingerprint density at radius 3 is 2.62 bits per heavy atom. The summed E-state index contributed by atoms with van der Waals surface area (Å²) in [5.41, 5.74) is 9.60. The summed E-state index contributed by atoms with van der Waals surface area (Å²) in [6, 6.07) is 12.5. The van der Waals surface area contributed by atoms with Crippen LogP contribution in [0.3, 0.4) is 0 Å². The molecule has 0 atom stereocenters. The Kier molecular flexibility index (Phi) is 3.84. The average Bonchev–Trinajstić information content (AvgIpc) is 2.48. The van der Waals surface area contributed by atoms with Gasteiger partial charge in [0.25, 0.3) is 0 Å². The second-order valence-corrected chi connectivity index (χ2v) is 6.41. The number of fused-ring (bicyclic) bond motifs is 1. The molecule has 3 heteroatoms. The van der Waals surface area contributed by atoms with Crippen LogP contribution in [0.15, 0.2) is 52.3 Å². The molecule has 0 heterocycles. The fraction of sp³-hybridized carbons (Fsp3) is 0.167. The number of hydrogen-bond acceptors (Lipinski definition) is 2. The minimum atomic E-state index is -0.357. The molecule has 1 amide bonds. The molecule has 1 aliphatic rings. The predicted molar refractivity (Wildman–Crippen MR) is 87.6 cm³/mol. The summed E-state index contributed by atoms with van der Waals surface area (Å²) in [6.45, 7) is 2.07. The Morgan fingerprint density at radius 2 is 1.90 bits per heavy atom. The van der Waals surface area contributed by atoms with E-state index in [0.29, 0.717) is 5.56 Å². The quantitative estimate of drug-likeness (QED) is 0.922. The van der Waals surface area contributed by atoms with Gasteiger partial charge < -0.3 is 5.73 Å². The highest BCUT2D eigenvalue weighted by Crippen LogP contribution is 2.33. The molecule has 0 aromatic heterocycles. The van der Waals surface area contributed by atoms with Crippen LogP contribution in [0.1, 0.15) is 33.5 Å². The molecule has 0 fully saturated rings. The van der Waals surface area contributed by atoms with E-state index in [9.17, 15) is 4.79 Å². The normalized spacial score (nSPS) is 13.0. The van der Waals surface area contributed by atoms with Crippen molar-refractivity contribution in [1.82, 2.24) is 0 Å². The molecule has 2 aromatic rings. The van der Waals surface area contributed by atoms with Gasteiger partial charge in [-0.05, 0) is 55.2 Å². The largest absolute Gasteiger partial charge is 0.366 e. The molecule has 0 spiro atoms. The SMILES string of the molecule is Cc1ccc(Sc2cc3c(c(C(N)=O)c2)C=CCC3)cc1. The summed E-state index contributed by atoms with van der Waals surface area (Å²) >= 11 is 1.67. The van der Waals surface area contributed by atoms with Crippen LogP contribution >= 0.6 is 11.8 Å². The first kappa shape index (κ1) is 14.0.